The zero-order valence-corrected chi connectivity index (χ0v) is 10.7. The molecular formula is C12H15N3O5. The first-order chi connectivity index (χ1) is 9.47. The van der Waals surface area contributed by atoms with E-state index in [2.05, 4.69) is 10.3 Å². The average Bonchev–Trinajstić information content (AvgIpc) is 2.87. The minimum absolute atomic E-state index is 0.106. The molecule has 0 bridgehead atoms. The van der Waals surface area contributed by atoms with Gasteiger partial charge in [-0.3, -0.25) is 10.1 Å². The third-order valence-corrected chi connectivity index (χ3v) is 3.54. The molecule has 0 atom stereocenters. The summed E-state index contributed by atoms with van der Waals surface area (Å²) in [6, 6.07) is 2.20. The summed E-state index contributed by atoms with van der Waals surface area (Å²) in [4.78, 5) is 25.1. The fourth-order valence-electron chi connectivity index (χ4n) is 2.44. The minimum atomic E-state index is -1.26. The quantitative estimate of drug-likeness (QED) is 0.550. The maximum Gasteiger partial charge on any atom is 0.354 e. The molecule has 3 N–H and O–H groups in total. The number of aliphatic hydroxyl groups is 1. The first-order valence-corrected chi connectivity index (χ1v) is 6.25. The van der Waals surface area contributed by atoms with Crippen molar-refractivity contribution in [2.75, 3.05) is 11.9 Å². The van der Waals surface area contributed by atoms with Gasteiger partial charge in [-0.25, -0.2) is 9.78 Å². The molecule has 0 saturated heterocycles. The molecule has 1 heterocycles. The number of aliphatic hydroxyl groups excluding tert-OH is 1. The van der Waals surface area contributed by atoms with Crippen molar-refractivity contribution in [2.24, 2.45) is 0 Å². The van der Waals surface area contributed by atoms with Crippen LogP contribution in [0, 0.1) is 10.1 Å². The Balaban J connectivity index is 2.39. The summed E-state index contributed by atoms with van der Waals surface area (Å²) in [6.45, 7) is -0.177. The van der Waals surface area contributed by atoms with Crippen LogP contribution in [0.4, 0.5) is 11.5 Å². The van der Waals surface area contributed by atoms with Crippen LogP contribution >= 0.6 is 0 Å². The van der Waals surface area contributed by atoms with E-state index in [0.717, 1.165) is 25.0 Å². The van der Waals surface area contributed by atoms with E-state index < -0.39 is 16.4 Å². The molecule has 1 aliphatic carbocycles. The first kappa shape index (κ1) is 14.2. The molecule has 0 radical (unpaired) electrons. The van der Waals surface area contributed by atoms with Gasteiger partial charge in [-0.2, -0.15) is 0 Å². The summed E-state index contributed by atoms with van der Waals surface area (Å²) in [5.74, 6) is -1.36. The van der Waals surface area contributed by atoms with Gasteiger partial charge in [-0.1, -0.05) is 12.8 Å². The largest absolute Gasteiger partial charge is 0.477 e. The Morgan fingerprint density at radius 2 is 2.10 bits per heavy atom. The Bertz CT molecular complexity index is 540. The number of hydrogen-bond acceptors (Lipinski definition) is 6. The second-order valence-electron chi connectivity index (χ2n) is 4.90. The zero-order chi connectivity index (χ0) is 14.8. The molecule has 1 saturated carbocycles. The van der Waals surface area contributed by atoms with E-state index in [4.69, 9.17) is 5.11 Å². The molecule has 8 nitrogen and oxygen atoms in total. The van der Waals surface area contributed by atoms with E-state index in [1.54, 1.807) is 0 Å². The second kappa shape index (κ2) is 5.41. The van der Waals surface area contributed by atoms with E-state index in [1.807, 2.05) is 0 Å². The van der Waals surface area contributed by atoms with Gasteiger partial charge in [-0.05, 0) is 18.9 Å². The molecule has 1 aromatic heterocycles. The van der Waals surface area contributed by atoms with Gasteiger partial charge < -0.3 is 15.5 Å². The predicted molar refractivity (Wildman–Crippen MR) is 69.8 cm³/mol. The third-order valence-electron chi connectivity index (χ3n) is 3.54. The van der Waals surface area contributed by atoms with Crippen LogP contribution in [0.1, 0.15) is 36.2 Å². The number of carboxylic acid groups (broad SMARTS) is 1. The summed E-state index contributed by atoms with van der Waals surface area (Å²) >= 11 is 0. The van der Waals surface area contributed by atoms with E-state index in [-0.39, 0.29) is 23.8 Å². The van der Waals surface area contributed by atoms with Crippen molar-refractivity contribution in [3.05, 3.63) is 27.9 Å². The molecular weight excluding hydrogens is 266 g/mol. The number of aromatic carboxylic acids is 1. The molecule has 0 unspecified atom stereocenters. The molecule has 1 aromatic rings. The highest BCUT2D eigenvalue weighted by Crippen LogP contribution is 2.35. The van der Waals surface area contributed by atoms with Crippen LogP contribution in [0.5, 0.6) is 0 Å². The van der Waals surface area contributed by atoms with Crippen molar-refractivity contribution >= 4 is 17.5 Å². The van der Waals surface area contributed by atoms with Gasteiger partial charge in [-0.15, -0.1) is 0 Å². The molecule has 0 aromatic carbocycles. The number of nitrogens with one attached hydrogen (secondary N) is 1. The molecule has 1 aliphatic rings. The van der Waals surface area contributed by atoms with E-state index in [0.29, 0.717) is 12.8 Å². The number of hydrogen-bond donors (Lipinski definition) is 3. The lowest BCUT2D eigenvalue weighted by Crippen LogP contribution is -2.39. The van der Waals surface area contributed by atoms with E-state index in [9.17, 15) is 20.0 Å². The van der Waals surface area contributed by atoms with Crippen LogP contribution in [-0.4, -0.2) is 38.2 Å². The highest BCUT2D eigenvalue weighted by molar-refractivity contribution is 5.86. The monoisotopic (exact) mass is 281 g/mol. The normalized spacial score (nSPS) is 16.9. The summed E-state index contributed by atoms with van der Waals surface area (Å²) in [5, 5.41) is 32.3. The van der Waals surface area contributed by atoms with E-state index in [1.165, 1.54) is 0 Å². The SMILES string of the molecule is O=C(O)c1ccc([N+](=O)[O-])c(NC2(CO)CCCC2)n1. The number of anilines is 1. The van der Waals surface area contributed by atoms with Gasteiger partial charge in [0.15, 0.2) is 5.69 Å². The lowest BCUT2D eigenvalue weighted by atomic mass is 9.99. The molecule has 0 spiro atoms. The van der Waals surface area contributed by atoms with E-state index >= 15 is 0 Å². The van der Waals surface area contributed by atoms with Crippen LogP contribution in [0.15, 0.2) is 12.1 Å². The Hall–Kier alpha value is -2.22. The molecule has 108 valence electrons. The van der Waals surface area contributed by atoms with Gasteiger partial charge in [0.25, 0.3) is 0 Å². The molecule has 1 fully saturated rings. The zero-order valence-electron chi connectivity index (χ0n) is 10.7. The smallest absolute Gasteiger partial charge is 0.354 e. The highest BCUT2D eigenvalue weighted by Gasteiger charge is 2.35. The van der Waals surface area contributed by atoms with Crippen molar-refractivity contribution in [1.82, 2.24) is 4.98 Å². The van der Waals surface area contributed by atoms with Crippen LogP contribution in [0.2, 0.25) is 0 Å². The predicted octanol–water partition coefficient (Wildman–Crippen LogP) is 1.40. The number of nitro groups is 1. The lowest BCUT2D eigenvalue weighted by molar-refractivity contribution is -0.384. The Kier molecular flexibility index (Phi) is 3.84. The van der Waals surface area contributed by atoms with Crippen LogP contribution in [0.3, 0.4) is 0 Å². The Morgan fingerprint density at radius 3 is 2.60 bits per heavy atom. The van der Waals surface area contributed by atoms with Crippen LogP contribution in [-0.2, 0) is 0 Å². The summed E-state index contributed by atoms with van der Waals surface area (Å²) < 4.78 is 0. The van der Waals surface area contributed by atoms with Crippen molar-refractivity contribution in [2.45, 2.75) is 31.2 Å². The first-order valence-electron chi connectivity index (χ1n) is 6.25. The van der Waals surface area contributed by atoms with Crippen molar-refractivity contribution in [3.8, 4) is 0 Å². The average molecular weight is 281 g/mol. The number of rotatable bonds is 5. The number of pyridine rings is 1. The number of aromatic nitrogens is 1. The van der Waals surface area contributed by atoms with Crippen molar-refractivity contribution in [1.29, 1.82) is 0 Å². The fourth-order valence-corrected chi connectivity index (χ4v) is 2.44. The molecule has 8 heteroatoms. The van der Waals surface area contributed by atoms with Crippen LogP contribution < -0.4 is 5.32 Å². The van der Waals surface area contributed by atoms with Gasteiger partial charge in [0.1, 0.15) is 0 Å². The van der Waals surface area contributed by atoms with Gasteiger partial charge in [0, 0.05) is 6.07 Å². The summed E-state index contributed by atoms with van der Waals surface area (Å²) in [5.41, 5.74) is -1.23. The maximum absolute atomic E-state index is 11.0. The second-order valence-corrected chi connectivity index (χ2v) is 4.90. The summed E-state index contributed by atoms with van der Waals surface area (Å²) in [6.07, 6.45) is 3.14. The highest BCUT2D eigenvalue weighted by atomic mass is 16.6. The summed E-state index contributed by atoms with van der Waals surface area (Å²) in [7, 11) is 0. The van der Waals surface area contributed by atoms with Crippen molar-refractivity contribution < 1.29 is 19.9 Å². The molecule has 20 heavy (non-hydrogen) atoms. The molecule has 0 aliphatic heterocycles. The fraction of sp³-hybridized carbons (Fsp3) is 0.500. The number of carboxylic acids is 1. The topological polar surface area (TPSA) is 126 Å². The maximum atomic E-state index is 11.0. The van der Waals surface area contributed by atoms with Crippen molar-refractivity contribution in [3.63, 3.8) is 0 Å². The van der Waals surface area contributed by atoms with Crippen LogP contribution in [0.25, 0.3) is 0 Å². The number of carbonyl (C=O) groups is 1. The standard InChI is InChI=1S/C12H15N3O5/c16-7-12(5-1-2-6-12)14-10-9(15(19)20)4-3-8(13-10)11(17)18/h3-4,16H,1-2,5-7H2,(H,13,14)(H,17,18). The Labute approximate surface area is 114 Å². The van der Waals surface area contributed by atoms with Gasteiger partial charge in [0.2, 0.25) is 5.82 Å². The molecule has 2 rings (SSSR count). The van der Waals surface area contributed by atoms with Gasteiger partial charge in [0.05, 0.1) is 17.1 Å². The third kappa shape index (κ3) is 2.69. The minimum Gasteiger partial charge on any atom is -0.477 e. The van der Waals surface area contributed by atoms with Gasteiger partial charge >= 0.3 is 11.7 Å². The number of nitrogens with zero attached hydrogens (tertiary/aromatic N) is 2. The molecule has 0 amide bonds. The Morgan fingerprint density at radius 1 is 1.45 bits per heavy atom. The lowest BCUT2D eigenvalue weighted by Gasteiger charge is -2.28.